The third-order valence-electron chi connectivity index (χ3n) is 6.97. The highest BCUT2D eigenvalue weighted by Gasteiger charge is 2.26. The summed E-state index contributed by atoms with van der Waals surface area (Å²) in [5, 5.41) is 0. The van der Waals surface area contributed by atoms with Crippen LogP contribution in [-0.2, 0) is 4.79 Å². The quantitative estimate of drug-likeness (QED) is 0.351. The zero-order valence-corrected chi connectivity index (χ0v) is 20.6. The fraction of sp³-hybridized carbons (Fsp3) is 0.500. The van der Waals surface area contributed by atoms with Crippen LogP contribution in [0.1, 0.15) is 69.9 Å². The van der Waals surface area contributed by atoms with E-state index in [1.807, 2.05) is 36.8 Å². The molecule has 33 heavy (non-hydrogen) atoms. The maximum atomic E-state index is 14.6. The summed E-state index contributed by atoms with van der Waals surface area (Å²) >= 11 is 0. The molecule has 4 nitrogen and oxygen atoms in total. The Balaban J connectivity index is 1.90. The van der Waals surface area contributed by atoms with Crippen molar-refractivity contribution in [2.24, 2.45) is 10.9 Å². The third-order valence-corrected chi connectivity index (χ3v) is 6.97. The Labute approximate surface area is 198 Å². The van der Waals surface area contributed by atoms with E-state index in [4.69, 9.17) is 0 Å². The minimum Gasteiger partial charge on any atom is -0.335 e. The second-order valence-electron chi connectivity index (χ2n) is 9.40. The number of nitrogens with zero attached hydrogens (tertiary/aromatic N) is 3. The number of hydrogen-bond donors (Lipinski definition) is 0. The SMILES string of the molecule is C=C(/C=C(/N=C/C(=O)N1CCCCCC1C)N(C)/C(=C\C)C1CCC1)c1ccc(C)cc1F. The average molecular weight is 452 g/mol. The fourth-order valence-corrected chi connectivity index (χ4v) is 4.67. The first-order valence-corrected chi connectivity index (χ1v) is 12.2. The number of carbonyl (C=O) groups is 1. The summed E-state index contributed by atoms with van der Waals surface area (Å²) in [6.07, 6.45) is 13.2. The lowest BCUT2D eigenvalue weighted by molar-refractivity contribution is -0.125. The Morgan fingerprint density at radius 3 is 2.61 bits per heavy atom. The first-order valence-electron chi connectivity index (χ1n) is 12.2. The van der Waals surface area contributed by atoms with Crippen LogP contribution in [0.4, 0.5) is 4.39 Å². The molecule has 178 valence electrons. The summed E-state index contributed by atoms with van der Waals surface area (Å²) in [5.41, 5.74) is 3.02. The van der Waals surface area contributed by atoms with Gasteiger partial charge in [-0.3, -0.25) is 4.79 Å². The second-order valence-corrected chi connectivity index (χ2v) is 9.40. The minimum atomic E-state index is -0.304. The van der Waals surface area contributed by atoms with Crippen molar-refractivity contribution in [3.05, 3.63) is 65.4 Å². The van der Waals surface area contributed by atoms with E-state index < -0.39 is 0 Å². The van der Waals surface area contributed by atoms with E-state index in [2.05, 4.69) is 24.6 Å². The molecule has 2 fully saturated rings. The molecule has 3 rings (SSSR count). The molecule has 5 heteroatoms. The molecule has 1 amide bonds. The van der Waals surface area contributed by atoms with Gasteiger partial charge >= 0.3 is 0 Å². The number of hydrogen-bond acceptors (Lipinski definition) is 3. The maximum Gasteiger partial charge on any atom is 0.265 e. The molecule has 1 unspecified atom stereocenters. The van der Waals surface area contributed by atoms with Crippen molar-refractivity contribution in [3.63, 3.8) is 0 Å². The molecule has 1 saturated carbocycles. The molecule has 0 N–H and O–H groups in total. The number of carbonyl (C=O) groups excluding carboxylic acids is 1. The molecule has 2 aliphatic rings. The van der Waals surface area contributed by atoms with Gasteiger partial charge in [0.05, 0.1) is 6.21 Å². The van der Waals surface area contributed by atoms with Crippen LogP contribution in [0.3, 0.4) is 0 Å². The van der Waals surface area contributed by atoms with Gasteiger partial charge in [0.1, 0.15) is 11.6 Å². The summed E-state index contributed by atoms with van der Waals surface area (Å²) in [6, 6.07) is 5.35. The van der Waals surface area contributed by atoms with Crippen LogP contribution in [0, 0.1) is 18.7 Å². The number of aryl methyl sites for hydroxylation is 1. The molecule has 1 aromatic rings. The van der Waals surface area contributed by atoms with Gasteiger partial charge in [-0.25, -0.2) is 9.38 Å². The van der Waals surface area contributed by atoms with Gasteiger partial charge in [-0.2, -0.15) is 0 Å². The van der Waals surface area contributed by atoms with Crippen LogP contribution < -0.4 is 0 Å². The van der Waals surface area contributed by atoms with E-state index in [1.165, 1.54) is 24.4 Å². The number of aliphatic imine (C=N–C) groups is 1. The molecule has 1 aliphatic heterocycles. The lowest BCUT2D eigenvalue weighted by Crippen LogP contribution is -2.39. The standard InChI is InChI=1S/C28H38FN3O/c1-6-26(23-12-10-13-23)31(5)27(18-21(3)24-15-14-20(2)17-25(24)29)30-19-28(33)32-16-9-7-8-11-22(32)4/h6,14-15,17-19,22-23H,3,7-13,16H2,1-2,4-5H3/b26-6-,27-18-,30-19+. The summed E-state index contributed by atoms with van der Waals surface area (Å²) < 4.78 is 14.6. The molecule has 0 bridgehead atoms. The number of rotatable bonds is 7. The van der Waals surface area contributed by atoms with Crippen molar-refractivity contribution >= 4 is 17.7 Å². The molecule has 0 spiro atoms. The van der Waals surface area contributed by atoms with Gasteiger partial charge in [0.15, 0.2) is 0 Å². The van der Waals surface area contributed by atoms with Gasteiger partial charge in [-0.1, -0.05) is 44.1 Å². The number of benzene rings is 1. The van der Waals surface area contributed by atoms with E-state index in [-0.39, 0.29) is 17.8 Å². The van der Waals surface area contributed by atoms with Gasteiger partial charge in [0.25, 0.3) is 5.91 Å². The molecule has 1 aliphatic carbocycles. The third kappa shape index (κ3) is 6.21. The van der Waals surface area contributed by atoms with Crippen LogP contribution in [0.2, 0.25) is 0 Å². The monoisotopic (exact) mass is 451 g/mol. The Morgan fingerprint density at radius 2 is 1.97 bits per heavy atom. The molecule has 1 heterocycles. The van der Waals surface area contributed by atoms with E-state index in [1.54, 1.807) is 12.1 Å². The molecular weight excluding hydrogens is 413 g/mol. The zero-order valence-electron chi connectivity index (χ0n) is 20.6. The van der Waals surface area contributed by atoms with Gasteiger partial charge in [-0.15, -0.1) is 0 Å². The minimum absolute atomic E-state index is 0.0681. The first kappa shape index (κ1) is 24.9. The van der Waals surface area contributed by atoms with Crippen molar-refractivity contribution in [1.82, 2.24) is 9.80 Å². The Morgan fingerprint density at radius 1 is 1.21 bits per heavy atom. The number of allylic oxidation sites excluding steroid dienone is 4. The van der Waals surface area contributed by atoms with Crippen molar-refractivity contribution in [3.8, 4) is 0 Å². The van der Waals surface area contributed by atoms with Gasteiger partial charge in [0, 0.05) is 30.9 Å². The number of amides is 1. The molecular formula is C28H38FN3O. The summed E-state index contributed by atoms with van der Waals surface area (Å²) in [6.45, 7) is 10.9. The van der Waals surface area contributed by atoms with Gasteiger partial charge in [-0.05, 0) is 75.7 Å². The first-order chi connectivity index (χ1) is 15.8. The normalized spacial score (nSPS) is 20.5. The predicted octanol–water partition coefficient (Wildman–Crippen LogP) is 6.49. The van der Waals surface area contributed by atoms with Gasteiger partial charge < -0.3 is 9.80 Å². The highest BCUT2D eigenvalue weighted by molar-refractivity contribution is 6.26. The average Bonchev–Trinajstić information content (AvgIpc) is 2.96. The van der Waals surface area contributed by atoms with Crippen molar-refractivity contribution in [2.45, 2.75) is 71.8 Å². The van der Waals surface area contributed by atoms with Crippen LogP contribution in [0.25, 0.3) is 5.57 Å². The number of halogens is 1. The number of likely N-dealkylation sites (tertiary alicyclic amines) is 1. The van der Waals surface area contributed by atoms with Crippen molar-refractivity contribution in [2.75, 3.05) is 13.6 Å². The van der Waals surface area contributed by atoms with Crippen LogP contribution in [0.5, 0.6) is 0 Å². The molecule has 1 atom stereocenters. The molecule has 0 radical (unpaired) electrons. The van der Waals surface area contributed by atoms with Crippen LogP contribution in [0.15, 0.2) is 53.4 Å². The van der Waals surface area contributed by atoms with Crippen LogP contribution in [-0.4, -0.2) is 41.6 Å². The topological polar surface area (TPSA) is 35.9 Å². The summed E-state index contributed by atoms with van der Waals surface area (Å²) in [4.78, 5) is 21.6. The Kier molecular flexibility index (Phi) is 8.65. The molecule has 0 aromatic heterocycles. The largest absolute Gasteiger partial charge is 0.335 e. The molecule has 1 aromatic carbocycles. The highest BCUT2D eigenvalue weighted by atomic mass is 19.1. The van der Waals surface area contributed by atoms with Gasteiger partial charge in [0.2, 0.25) is 0 Å². The molecule has 1 saturated heterocycles. The fourth-order valence-electron chi connectivity index (χ4n) is 4.67. The van der Waals surface area contributed by atoms with Crippen LogP contribution >= 0.6 is 0 Å². The van der Waals surface area contributed by atoms with E-state index >= 15 is 0 Å². The summed E-state index contributed by atoms with van der Waals surface area (Å²) in [7, 11) is 1.97. The van der Waals surface area contributed by atoms with E-state index in [0.717, 1.165) is 50.6 Å². The van der Waals surface area contributed by atoms with Crippen molar-refractivity contribution < 1.29 is 9.18 Å². The van der Waals surface area contributed by atoms with E-state index in [0.29, 0.717) is 22.9 Å². The lowest BCUT2D eigenvalue weighted by atomic mass is 9.82. The Hall–Kier alpha value is -2.69. The Bertz CT molecular complexity index is 958. The van der Waals surface area contributed by atoms with E-state index in [9.17, 15) is 9.18 Å². The smallest absolute Gasteiger partial charge is 0.265 e. The van der Waals surface area contributed by atoms with Crippen molar-refractivity contribution in [1.29, 1.82) is 0 Å². The zero-order chi connectivity index (χ0) is 24.0. The summed E-state index contributed by atoms with van der Waals surface area (Å²) in [5.74, 6) is 0.712. The lowest BCUT2D eigenvalue weighted by Gasteiger charge is -2.34. The predicted molar refractivity (Wildman–Crippen MR) is 135 cm³/mol. The highest BCUT2D eigenvalue weighted by Crippen LogP contribution is 2.36. The second kappa shape index (κ2) is 11.4. The maximum absolute atomic E-state index is 14.6.